The third-order valence-corrected chi connectivity index (χ3v) is 1.81. The van der Waals surface area contributed by atoms with E-state index in [-0.39, 0.29) is 5.76 Å². The summed E-state index contributed by atoms with van der Waals surface area (Å²) in [5.74, 6) is 0.250. The van der Waals surface area contributed by atoms with Crippen LogP contribution in [0.3, 0.4) is 0 Å². The predicted molar refractivity (Wildman–Crippen MR) is 43.7 cm³/mol. The lowest BCUT2D eigenvalue weighted by atomic mass is 10.3. The molecule has 0 bridgehead atoms. The van der Waals surface area contributed by atoms with E-state index in [2.05, 4.69) is 4.98 Å². The van der Waals surface area contributed by atoms with Crippen LogP contribution in [0.2, 0.25) is 5.15 Å². The van der Waals surface area contributed by atoms with Gasteiger partial charge in [0.05, 0.1) is 5.39 Å². The molecule has 0 fully saturated rings. The van der Waals surface area contributed by atoms with E-state index in [1.165, 1.54) is 6.20 Å². The molecule has 0 aromatic carbocycles. The van der Waals surface area contributed by atoms with Crippen molar-refractivity contribution in [3.8, 4) is 6.07 Å². The van der Waals surface area contributed by atoms with Crippen LogP contribution < -0.4 is 0 Å². The number of nitrogens with zero attached hydrogens (tertiary/aromatic N) is 2. The topological polar surface area (TPSA) is 49.8 Å². The van der Waals surface area contributed by atoms with Crippen LogP contribution in [0.1, 0.15) is 5.76 Å². The van der Waals surface area contributed by atoms with E-state index in [1.807, 2.05) is 6.07 Å². The van der Waals surface area contributed by atoms with Gasteiger partial charge in [0.15, 0.2) is 0 Å². The third-order valence-electron chi connectivity index (χ3n) is 1.51. The Balaban J connectivity index is 2.85. The maximum atomic E-state index is 8.52. The summed E-state index contributed by atoms with van der Waals surface area (Å²) in [6.45, 7) is 0. The summed E-state index contributed by atoms with van der Waals surface area (Å²) in [5, 5.41) is 9.56. The van der Waals surface area contributed by atoms with Gasteiger partial charge < -0.3 is 4.42 Å². The van der Waals surface area contributed by atoms with E-state index in [0.29, 0.717) is 16.1 Å². The zero-order valence-electron chi connectivity index (χ0n) is 5.91. The van der Waals surface area contributed by atoms with Gasteiger partial charge in [0.1, 0.15) is 16.8 Å². The molecule has 0 aliphatic heterocycles. The highest BCUT2D eigenvalue weighted by Crippen LogP contribution is 2.23. The number of fused-ring (bicyclic) bond motifs is 1. The molecule has 12 heavy (non-hydrogen) atoms. The number of halogens is 1. The van der Waals surface area contributed by atoms with Gasteiger partial charge in [-0.1, -0.05) is 11.6 Å². The van der Waals surface area contributed by atoms with Crippen LogP contribution in [-0.4, -0.2) is 4.98 Å². The monoisotopic (exact) mass is 178 g/mol. The summed E-state index contributed by atoms with van der Waals surface area (Å²) in [4.78, 5) is 3.85. The Hall–Kier alpha value is -1.53. The average molecular weight is 179 g/mol. The van der Waals surface area contributed by atoms with E-state index in [1.54, 1.807) is 12.1 Å². The quantitative estimate of drug-likeness (QED) is 0.582. The van der Waals surface area contributed by atoms with E-state index in [0.717, 1.165) is 0 Å². The molecule has 0 saturated heterocycles. The molecule has 0 aliphatic rings. The zero-order valence-corrected chi connectivity index (χ0v) is 6.67. The van der Waals surface area contributed by atoms with Crippen molar-refractivity contribution in [2.45, 2.75) is 0 Å². The summed E-state index contributed by atoms with van der Waals surface area (Å²) in [6, 6.07) is 5.13. The van der Waals surface area contributed by atoms with Gasteiger partial charge in [0.25, 0.3) is 0 Å². The molecule has 0 atom stereocenters. The number of pyridine rings is 1. The van der Waals surface area contributed by atoms with Crippen LogP contribution >= 0.6 is 11.6 Å². The summed E-state index contributed by atoms with van der Waals surface area (Å²) >= 11 is 5.75. The molecule has 4 heteroatoms. The van der Waals surface area contributed by atoms with Crippen LogP contribution in [0.4, 0.5) is 0 Å². The van der Waals surface area contributed by atoms with E-state index in [4.69, 9.17) is 21.3 Å². The lowest BCUT2D eigenvalue weighted by Gasteiger charge is -1.87. The molecule has 3 nitrogen and oxygen atoms in total. The fraction of sp³-hybridized carbons (Fsp3) is 0. The molecule has 0 radical (unpaired) electrons. The molecule has 58 valence electrons. The second kappa shape index (κ2) is 2.50. The molecule has 2 rings (SSSR count). The number of aromatic nitrogens is 1. The standard InChI is InChI=1S/C8H3ClN2O/c9-8-6-3-5(4-10)12-7(6)1-2-11-8/h1-3H. The molecule has 0 N–H and O–H groups in total. The number of rotatable bonds is 0. The lowest BCUT2D eigenvalue weighted by molar-refractivity contribution is 0.599. The van der Waals surface area contributed by atoms with Crippen LogP contribution in [0, 0.1) is 11.3 Å². The van der Waals surface area contributed by atoms with Gasteiger partial charge in [-0.3, -0.25) is 0 Å². The van der Waals surface area contributed by atoms with Gasteiger partial charge >= 0.3 is 0 Å². The number of nitriles is 1. The Bertz CT molecular complexity index is 469. The van der Waals surface area contributed by atoms with Gasteiger partial charge in [0.2, 0.25) is 5.76 Å². The summed E-state index contributed by atoms with van der Waals surface area (Å²) < 4.78 is 5.11. The maximum Gasteiger partial charge on any atom is 0.204 e. The van der Waals surface area contributed by atoms with Crippen molar-refractivity contribution in [3.05, 3.63) is 29.2 Å². The number of hydrogen-bond acceptors (Lipinski definition) is 3. The predicted octanol–water partition coefficient (Wildman–Crippen LogP) is 2.35. The van der Waals surface area contributed by atoms with Crippen molar-refractivity contribution in [2.24, 2.45) is 0 Å². The summed E-state index contributed by atoms with van der Waals surface area (Å²) in [6.07, 6.45) is 1.54. The van der Waals surface area contributed by atoms with Gasteiger partial charge in [-0.25, -0.2) is 4.98 Å². The fourth-order valence-electron chi connectivity index (χ4n) is 0.985. The largest absolute Gasteiger partial charge is 0.445 e. The van der Waals surface area contributed by atoms with Crippen LogP contribution in [0.5, 0.6) is 0 Å². The average Bonchev–Trinajstić information content (AvgIpc) is 2.49. The first-order chi connectivity index (χ1) is 5.81. The van der Waals surface area contributed by atoms with E-state index in [9.17, 15) is 0 Å². The Morgan fingerprint density at radius 1 is 1.58 bits per heavy atom. The minimum absolute atomic E-state index is 0.250. The van der Waals surface area contributed by atoms with Gasteiger partial charge in [-0.15, -0.1) is 0 Å². The first-order valence-electron chi connectivity index (χ1n) is 3.25. The molecule has 2 heterocycles. The highest BCUT2D eigenvalue weighted by Gasteiger charge is 2.05. The van der Waals surface area contributed by atoms with E-state index >= 15 is 0 Å². The highest BCUT2D eigenvalue weighted by atomic mass is 35.5. The van der Waals surface area contributed by atoms with Gasteiger partial charge in [-0.2, -0.15) is 5.26 Å². The molecular weight excluding hydrogens is 176 g/mol. The van der Waals surface area contributed by atoms with Crippen LogP contribution in [0.15, 0.2) is 22.7 Å². The normalized spacial score (nSPS) is 10.0. The van der Waals surface area contributed by atoms with Gasteiger partial charge in [-0.05, 0) is 6.07 Å². The Labute approximate surface area is 73.2 Å². The molecule has 0 saturated carbocycles. The minimum atomic E-state index is 0.250. The molecule has 0 unspecified atom stereocenters. The third kappa shape index (κ3) is 0.936. The molecular formula is C8H3ClN2O. The molecule has 2 aromatic heterocycles. The van der Waals surface area contributed by atoms with Crippen molar-refractivity contribution in [1.29, 1.82) is 5.26 Å². The molecule has 0 spiro atoms. The SMILES string of the molecule is N#Cc1cc2c(Cl)nccc2o1. The second-order valence-electron chi connectivity index (χ2n) is 2.24. The first kappa shape index (κ1) is 7.14. The Morgan fingerprint density at radius 2 is 2.42 bits per heavy atom. The smallest absolute Gasteiger partial charge is 0.204 e. The second-order valence-corrected chi connectivity index (χ2v) is 2.59. The summed E-state index contributed by atoms with van der Waals surface area (Å²) in [5.41, 5.74) is 0.589. The maximum absolute atomic E-state index is 8.52. The molecule has 0 amide bonds. The molecule has 0 aliphatic carbocycles. The highest BCUT2D eigenvalue weighted by molar-refractivity contribution is 6.34. The fourth-order valence-corrected chi connectivity index (χ4v) is 1.19. The number of furan rings is 1. The number of hydrogen-bond donors (Lipinski definition) is 0. The van der Waals surface area contributed by atoms with E-state index < -0.39 is 0 Å². The van der Waals surface area contributed by atoms with Crippen molar-refractivity contribution < 1.29 is 4.42 Å². The zero-order chi connectivity index (χ0) is 8.55. The minimum Gasteiger partial charge on any atom is -0.445 e. The Kier molecular flexibility index (Phi) is 1.49. The van der Waals surface area contributed by atoms with Crippen LogP contribution in [-0.2, 0) is 0 Å². The first-order valence-corrected chi connectivity index (χ1v) is 3.63. The lowest BCUT2D eigenvalue weighted by Crippen LogP contribution is -1.71. The van der Waals surface area contributed by atoms with Crippen LogP contribution in [0.25, 0.3) is 11.0 Å². The van der Waals surface area contributed by atoms with Crippen molar-refractivity contribution in [2.75, 3.05) is 0 Å². The Morgan fingerprint density at radius 3 is 3.08 bits per heavy atom. The van der Waals surface area contributed by atoms with Gasteiger partial charge in [0, 0.05) is 12.3 Å². The summed E-state index contributed by atoms with van der Waals surface area (Å²) in [7, 11) is 0. The van der Waals surface area contributed by atoms with Crippen molar-refractivity contribution >= 4 is 22.6 Å². The van der Waals surface area contributed by atoms with Crippen molar-refractivity contribution in [3.63, 3.8) is 0 Å². The van der Waals surface area contributed by atoms with Crippen molar-refractivity contribution in [1.82, 2.24) is 4.98 Å². The molecule has 2 aromatic rings.